The number of methoxy groups -OCH3 is 3. The number of aliphatic hydroxyl groups is 1. The van der Waals surface area contributed by atoms with E-state index in [9.17, 15) is 32.7 Å². The van der Waals surface area contributed by atoms with Gasteiger partial charge in [-0.2, -0.15) is 13.2 Å². The molecule has 0 bridgehead atoms. The molecular formula is C36H38F3N3O10. The lowest BCUT2D eigenvalue weighted by Gasteiger charge is -2.37. The fourth-order valence-corrected chi connectivity index (χ4v) is 6.00. The first kappa shape index (κ1) is 38.2. The van der Waals surface area contributed by atoms with Crippen LogP contribution in [0.2, 0.25) is 0 Å². The zero-order chi connectivity index (χ0) is 37.5. The SMILES string of the molecule is COC[C@H](CO[C@@H]1[C@H](O)[C@@H](COC(c2ccccc2)(c2ccc(OC)cc2)c2ccc(OC)cc2)O[C@H]1n1ccc(=O)[nH]c1=O)NC(=O)C(F)(F)F. The average molecular weight is 730 g/mol. The number of H-pyrrole nitrogens is 1. The van der Waals surface area contributed by atoms with Crippen LogP contribution in [0.1, 0.15) is 22.9 Å². The Kier molecular flexibility index (Phi) is 12.2. The third-order valence-corrected chi connectivity index (χ3v) is 8.53. The Balaban J connectivity index is 1.52. The number of aromatic amines is 1. The molecule has 5 atom stereocenters. The fourth-order valence-electron chi connectivity index (χ4n) is 6.00. The Morgan fingerprint density at radius 1 is 0.885 bits per heavy atom. The van der Waals surface area contributed by atoms with Gasteiger partial charge in [0.05, 0.1) is 40.1 Å². The molecule has 1 aromatic heterocycles. The van der Waals surface area contributed by atoms with Gasteiger partial charge in [-0.05, 0) is 41.0 Å². The van der Waals surface area contributed by atoms with Crippen molar-refractivity contribution >= 4 is 5.91 Å². The summed E-state index contributed by atoms with van der Waals surface area (Å²) in [5.41, 5.74) is -0.839. The molecule has 0 unspecified atom stereocenters. The monoisotopic (exact) mass is 729 g/mol. The number of amides is 1. The van der Waals surface area contributed by atoms with Gasteiger partial charge in [0, 0.05) is 19.4 Å². The third kappa shape index (κ3) is 8.37. The summed E-state index contributed by atoms with van der Waals surface area (Å²) < 4.78 is 74.8. The summed E-state index contributed by atoms with van der Waals surface area (Å²) in [7, 11) is 4.31. The van der Waals surface area contributed by atoms with E-state index in [0.717, 1.165) is 16.8 Å². The van der Waals surface area contributed by atoms with Gasteiger partial charge in [0.25, 0.3) is 5.56 Å². The number of nitrogens with zero attached hydrogens (tertiary/aromatic N) is 1. The van der Waals surface area contributed by atoms with E-state index in [4.69, 9.17) is 28.4 Å². The van der Waals surface area contributed by atoms with Gasteiger partial charge in [-0.1, -0.05) is 54.6 Å². The minimum absolute atomic E-state index is 0.311. The molecule has 0 saturated carbocycles. The van der Waals surface area contributed by atoms with E-state index in [0.29, 0.717) is 28.2 Å². The Morgan fingerprint density at radius 2 is 1.46 bits per heavy atom. The van der Waals surface area contributed by atoms with Crippen molar-refractivity contribution in [3.05, 3.63) is 129 Å². The highest BCUT2D eigenvalue weighted by Gasteiger charge is 2.49. The van der Waals surface area contributed by atoms with Crippen LogP contribution in [0.25, 0.3) is 0 Å². The average Bonchev–Trinajstić information content (AvgIpc) is 3.45. The summed E-state index contributed by atoms with van der Waals surface area (Å²) >= 11 is 0. The van der Waals surface area contributed by atoms with Gasteiger partial charge in [-0.25, -0.2) is 4.79 Å². The lowest BCUT2D eigenvalue weighted by molar-refractivity contribution is -0.175. The van der Waals surface area contributed by atoms with E-state index in [-0.39, 0.29) is 13.2 Å². The maximum absolute atomic E-state index is 13.0. The number of aliphatic hydroxyl groups excluding tert-OH is 1. The van der Waals surface area contributed by atoms with Crippen molar-refractivity contribution in [1.82, 2.24) is 14.9 Å². The van der Waals surface area contributed by atoms with Crippen LogP contribution in [-0.2, 0) is 29.3 Å². The van der Waals surface area contributed by atoms with Crippen LogP contribution in [0, 0.1) is 0 Å². The first-order chi connectivity index (χ1) is 24.9. The van der Waals surface area contributed by atoms with Crippen LogP contribution in [0.5, 0.6) is 11.5 Å². The molecule has 13 nitrogen and oxygen atoms in total. The predicted molar refractivity (Wildman–Crippen MR) is 179 cm³/mol. The molecule has 1 aliphatic heterocycles. The van der Waals surface area contributed by atoms with E-state index < -0.39 is 66.1 Å². The fraction of sp³-hybridized carbons (Fsp3) is 0.361. The number of rotatable bonds is 15. The van der Waals surface area contributed by atoms with E-state index in [2.05, 4.69) is 4.98 Å². The maximum Gasteiger partial charge on any atom is 0.471 e. The van der Waals surface area contributed by atoms with Gasteiger partial charge in [-0.3, -0.25) is 19.1 Å². The summed E-state index contributed by atoms with van der Waals surface area (Å²) in [4.78, 5) is 38.6. The molecule has 1 fully saturated rings. The first-order valence-electron chi connectivity index (χ1n) is 16.0. The smallest absolute Gasteiger partial charge is 0.471 e. The second-order valence-corrected chi connectivity index (χ2v) is 11.8. The maximum atomic E-state index is 13.0. The topological polar surface area (TPSA) is 160 Å². The minimum Gasteiger partial charge on any atom is -0.497 e. The first-order valence-corrected chi connectivity index (χ1v) is 16.0. The number of hydrogen-bond acceptors (Lipinski definition) is 10. The summed E-state index contributed by atoms with van der Waals surface area (Å²) in [5, 5.41) is 13.5. The van der Waals surface area contributed by atoms with Crippen molar-refractivity contribution in [3.8, 4) is 11.5 Å². The number of alkyl halides is 3. The zero-order valence-electron chi connectivity index (χ0n) is 28.4. The number of aromatic nitrogens is 2. The molecule has 0 radical (unpaired) electrons. The Morgan fingerprint density at radius 3 is 1.98 bits per heavy atom. The van der Waals surface area contributed by atoms with Gasteiger partial charge >= 0.3 is 17.8 Å². The van der Waals surface area contributed by atoms with Gasteiger partial charge in [0.1, 0.15) is 35.4 Å². The minimum atomic E-state index is -5.17. The second kappa shape index (κ2) is 16.6. The Hall–Kier alpha value is -5.00. The summed E-state index contributed by atoms with van der Waals surface area (Å²) in [6, 6.07) is 23.5. The lowest BCUT2D eigenvalue weighted by atomic mass is 9.80. The molecule has 1 saturated heterocycles. The Bertz CT molecular complexity index is 1840. The highest BCUT2D eigenvalue weighted by Crippen LogP contribution is 2.43. The van der Waals surface area contributed by atoms with E-state index >= 15 is 0 Å². The van der Waals surface area contributed by atoms with Gasteiger partial charge in [-0.15, -0.1) is 0 Å². The molecule has 3 N–H and O–H groups in total. The summed E-state index contributed by atoms with van der Waals surface area (Å²) in [6.45, 7) is -1.26. The molecule has 16 heteroatoms. The van der Waals surface area contributed by atoms with Crippen LogP contribution < -0.4 is 26.0 Å². The molecule has 2 heterocycles. The zero-order valence-corrected chi connectivity index (χ0v) is 28.4. The summed E-state index contributed by atoms with van der Waals surface area (Å²) in [5.74, 6) is -1.01. The molecule has 4 aromatic rings. The number of carbonyl (C=O) groups is 1. The largest absolute Gasteiger partial charge is 0.497 e. The second-order valence-electron chi connectivity index (χ2n) is 11.8. The molecule has 0 aliphatic carbocycles. The van der Waals surface area contributed by atoms with Crippen LogP contribution in [0.3, 0.4) is 0 Å². The molecule has 52 heavy (non-hydrogen) atoms. The van der Waals surface area contributed by atoms with Crippen LogP contribution in [0.4, 0.5) is 13.2 Å². The van der Waals surface area contributed by atoms with E-state index in [1.807, 2.05) is 54.6 Å². The number of halogens is 3. The van der Waals surface area contributed by atoms with E-state index in [1.54, 1.807) is 43.8 Å². The standard InChI is InChI=1S/C36H38F3N3O10/c1-47-19-25(40-33(45)36(37,38)39)20-50-31-30(44)28(52-32(31)42-18-17-29(43)41-34(42)46)21-51-35(22-7-5-4-6-8-22,23-9-13-26(48-2)14-10-23)24-11-15-27(49-3)16-12-24/h4-18,25,28,30-32,44H,19-21H2,1-3H3,(H,40,45)(H,41,43,46)/t25-,28-,30-,31-,32-/m1/s1. The van der Waals surface area contributed by atoms with Crippen LogP contribution in [-0.4, -0.2) is 92.2 Å². The number of ether oxygens (including phenoxy) is 6. The Labute approximate surface area is 295 Å². The van der Waals surface area contributed by atoms with Crippen molar-refractivity contribution in [1.29, 1.82) is 0 Å². The molecule has 0 spiro atoms. The number of nitrogens with one attached hydrogen (secondary N) is 2. The van der Waals surface area contributed by atoms with Crippen LogP contribution in [0.15, 0.2) is 101 Å². The van der Waals surface area contributed by atoms with Crippen molar-refractivity contribution in [2.45, 2.75) is 42.4 Å². The van der Waals surface area contributed by atoms with Crippen molar-refractivity contribution in [2.75, 3.05) is 41.2 Å². The highest BCUT2D eigenvalue weighted by molar-refractivity contribution is 5.81. The lowest BCUT2D eigenvalue weighted by Crippen LogP contribution is -2.49. The molecular weight excluding hydrogens is 691 g/mol. The number of carbonyl (C=O) groups excluding carboxylic acids is 1. The van der Waals surface area contributed by atoms with Gasteiger partial charge in [0.2, 0.25) is 0 Å². The molecule has 3 aromatic carbocycles. The van der Waals surface area contributed by atoms with Gasteiger partial charge < -0.3 is 38.8 Å². The number of benzene rings is 3. The quantitative estimate of drug-likeness (QED) is 0.155. The molecule has 1 amide bonds. The molecule has 5 rings (SSSR count). The summed E-state index contributed by atoms with van der Waals surface area (Å²) in [6.07, 6.45) is -9.55. The highest BCUT2D eigenvalue weighted by atomic mass is 19.4. The number of hydrogen-bond donors (Lipinski definition) is 3. The van der Waals surface area contributed by atoms with Crippen LogP contribution >= 0.6 is 0 Å². The normalized spacial score (nSPS) is 19.6. The van der Waals surface area contributed by atoms with Gasteiger partial charge in [0.15, 0.2) is 6.23 Å². The van der Waals surface area contributed by atoms with Crippen molar-refractivity contribution in [2.24, 2.45) is 0 Å². The van der Waals surface area contributed by atoms with Crippen molar-refractivity contribution in [3.63, 3.8) is 0 Å². The molecule has 278 valence electrons. The molecule has 1 aliphatic rings. The third-order valence-electron chi connectivity index (χ3n) is 8.53. The predicted octanol–water partition coefficient (Wildman–Crippen LogP) is 2.90. The van der Waals surface area contributed by atoms with E-state index in [1.165, 1.54) is 7.11 Å². The van der Waals surface area contributed by atoms with Crippen molar-refractivity contribution < 1.29 is 51.5 Å².